The predicted octanol–water partition coefficient (Wildman–Crippen LogP) is 5.93. The topological polar surface area (TPSA) is 22.1 Å². The average molecular weight is 389 g/mol. The molecule has 0 aliphatic heterocycles. The molecule has 1 heterocycles. The van der Waals surface area contributed by atoms with Crippen LogP contribution in [0.4, 0.5) is 0 Å². The maximum Gasteiger partial charge on any atom is 0.130 e. The molecule has 23 heavy (non-hydrogen) atoms. The second-order valence-corrected chi connectivity index (χ2v) is 7.27. The first-order chi connectivity index (χ1) is 11.2. The van der Waals surface area contributed by atoms with Crippen molar-refractivity contribution in [3.05, 3.63) is 69.3 Å². The lowest BCUT2D eigenvalue weighted by Gasteiger charge is -2.09. The Morgan fingerprint density at radius 3 is 2.78 bits per heavy atom. The quantitative estimate of drug-likeness (QED) is 0.555. The van der Waals surface area contributed by atoms with Gasteiger partial charge in [0.05, 0.1) is 12.6 Å². The van der Waals surface area contributed by atoms with Crippen molar-refractivity contribution < 1.29 is 4.74 Å². The number of benzene rings is 2. The van der Waals surface area contributed by atoms with Gasteiger partial charge >= 0.3 is 0 Å². The van der Waals surface area contributed by atoms with Gasteiger partial charge in [-0.05, 0) is 48.2 Å². The summed E-state index contributed by atoms with van der Waals surface area (Å²) in [5.41, 5.74) is 3.35. The van der Waals surface area contributed by atoms with E-state index in [2.05, 4.69) is 34.1 Å². The van der Waals surface area contributed by atoms with Crippen LogP contribution in [0.2, 0.25) is 5.02 Å². The van der Waals surface area contributed by atoms with Gasteiger partial charge in [0.2, 0.25) is 0 Å². The van der Waals surface area contributed by atoms with Crippen LogP contribution in [0.15, 0.2) is 53.0 Å². The molecule has 1 aliphatic carbocycles. The first-order valence-corrected chi connectivity index (χ1v) is 8.72. The third-order valence-corrected chi connectivity index (χ3v) is 5.15. The minimum absolute atomic E-state index is 0.436. The molecule has 1 aliphatic rings. The zero-order valence-electron chi connectivity index (χ0n) is 12.6. The Hall–Kier alpha value is -1.58. The predicted molar refractivity (Wildman–Crippen MR) is 97.5 cm³/mol. The lowest BCUT2D eigenvalue weighted by Crippen LogP contribution is -1.94. The first kappa shape index (κ1) is 15.0. The Morgan fingerprint density at radius 2 is 2.00 bits per heavy atom. The van der Waals surface area contributed by atoms with Crippen LogP contribution in [0.1, 0.15) is 29.5 Å². The fourth-order valence-electron chi connectivity index (χ4n) is 3.18. The zero-order valence-corrected chi connectivity index (χ0v) is 14.9. The van der Waals surface area contributed by atoms with Crippen molar-refractivity contribution >= 4 is 38.4 Å². The fourth-order valence-corrected chi connectivity index (χ4v) is 3.72. The second-order valence-electron chi connectivity index (χ2n) is 5.91. The Balaban J connectivity index is 1.73. The molecule has 2 atom stereocenters. The van der Waals surface area contributed by atoms with Gasteiger partial charge in [-0.2, -0.15) is 0 Å². The van der Waals surface area contributed by atoms with E-state index in [0.717, 1.165) is 38.3 Å². The van der Waals surface area contributed by atoms with Crippen LogP contribution in [0.25, 0.3) is 10.9 Å². The molecule has 116 valence electrons. The lowest BCUT2D eigenvalue weighted by atomic mass is 10.1. The van der Waals surface area contributed by atoms with Crippen molar-refractivity contribution in [2.45, 2.75) is 18.3 Å². The van der Waals surface area contributed by atoms with E-state index < -0.39 is 0 Å². The molecule has 0 radical (unpaired) electrons. The van der Waals surface area contributed by atoms with Gasteiger partial charge in [0.15, 0.2) is 0 Å². The number of hydrogen-bond acceptors (Lipinski definition) is 2. The summed E-state index contributed by atoms with van der Waals surface area (Å²) in [5, 5.41) is 1.83. The van der Waals surface area contributed by atoms with E-state index in [1.54, 1.807) is 7.11 Å². The standard InChI is InChI=1S/C19H15BrClNO/c1-23-19-10-18(22-17-8-12(20)5-6-14(17)19)16-9-15(16)11-3-2-4-13(21)7-11/h2-8,10,15-16H,9H2,1H3/t15-,16+/m1/s1. The maximum atomic E-state index is 6.11. The Morgan fingerprint density at radius 1 is 1.13 bits per heavy atom. The van der Waals surface area contributed by atoms with Gasteiger partial charge in [-0.25, -0.2) is 0 Å². The lowest BCUT2D eigenvalue weighted by molar-refractivity contribution is 0.419. The summed E-state index contributed by atoms with van der Waals surface area (Å²) in [5.74, 6) is 1.82. The third-order valence-electron chi connectivity index (χ3n) is 4.42. The molecule has 3 aromatic rings. The number of fused-ring (bicyclic) bond motifs is 1. The minimum Gasteiger partial charge on any atom is -0.496 e. The molecule has 0 amide bonds. The molecule has 0 N–H and O–H groups in total. The molecule has 1 aromatic heterocycles. The monoisotopic (exact) mass is 387 g/mol. The van der Waals surface area contributed by atoms with Crippen molar-refractivity contribution in [1.29, 1.82) is 0 Å². The number of nitrogens with zero attached hydrogens (tertiary/aromatic N) is 1. The van der Waals surface area contributed by atoms with Crippen LogP contribution in [0.3, 0.4) is 0 Å². The van der Waals surface area contributed by atoms with Crippen LogP contribution < -0.4 is 4.74 Å². The number of hydrogen-bond donors (Lipinski definition) is 0. The summed E-state index contributed by atoms with van der Waals surface area (Å²) in [7, 11) is 1.71. The van der Waals surface area contributed by atoms with Gasteiger partial charge in [0.1, 0.15) is 5.75 Å². The highest BCUT2D eigenvalue weighted by Gasteiger charge is 2.41. The van der Waals surface area contributed by atoms with Crippen LogP contribution >= 0.6 is 27.5 Å². The van der Waals surface area contributed by atoms with Crippen molar-refractivity contribution in [2.24, 2.45) is 0 Å². The summed E-state index contributed by atoms with van der Waals surface area (Å²) >= 11 is 9.63. The number of rotatable bonds is 3. The number of halogens is 2. The molecule has 0 spiro atoms. The Labute approximate surface area is 148 Å². The van der Waals surface area contributed by atoms with Gasteiger partial charge in [-0.1, -0.05) is 39.7 Å². The molecule has 4 heteroatoms. The van der Waals surface area contributed by atoms with Crippen molar-refractivity contribution in [2.75, 3.05) is 7.11 Å². The number of aromatic nitrogens is 1. The second kappa shape index (κ2) is 5.81. The summed E-state index contributed by atoms with van der Waals surface area (Å²) in [6, 6.07) is 16.3. The summed E-state index contributed by atoms with van der Waals surface area (Å²) in [4.78, 5) is 4.86. The van der Waals surface area contributed by atoms with Crippen molar-refractivity contribution in [3.8, 4) is 5.75 Å². The number of pyridine rings is 1. The molecule has 4 rings (SSSR count). The van der Waals surface area contributed by atoms with Gasteiger partial charge in [-0.15, -0.1) is 0 Å². The highest BCUT2D eigenvalue weighted by Crippen LogP contribution is 2.55. The van der Waals surface area contributed by atoms with E-state index in [0.29, 0.717) is 11.8 Å². The fraction of sp³-hybridized carbons (Fsp3) is 0.211. The zero-order chi connectivity index (χ0) is 16.0. The van der Waals surface area contributed by atoms with Crippen LogP contribution in [0.5, 0.6) is 5.75 Å². The first-order valence-electron chi connectivity index (χ1n) is 7.55. The normalized spacial score (nSPS) is 19.8. The molecule has 0 bridgehead atoms. The van der Waals surface area contributed by atoms with Gasteiger partial charge < -0.3 is 4.74 Å². The van der Waals surface area contributed by atoms with Gasteiger partial charge in [-0.3, -0.25) is 4.98 Å². The van der Waals surface area contributed by atoms with E-state index >= 15 is 0 Å². The summed E-state index contributed by atoms with van der Waals surface area (Å²) in [6.07, 6.45) is 1.11. The van der Waals surface area contributed by atoms with Crippen molar-refractivity contribution in [3.63, 3.8) is 0 Å². The molecule has 2 aromatic carbocycles. The minimum atomic E-state index is 0.436. The highest BCUT2D eigenvalue weighted by molar-refractivity contribution is 9.10. The Kier molecular flexibility index (Phi) is 3.78. The van der Waals surface area contributed by atoms with Crippen LogP contribution in [-0.2, 0) is 0 Å². The smallest absolute Gasteiger partial charge is 0.130 e. The summed E-state index contributed by atoms with van der Waals surface area (Å²) < 4.78 is 6.60. The molecular formula is C19H15BrClNO. The molecule has 0 unspecified atom stereocenters. The van der Waals surface area contributed by atoms with Gasteiger partial charge in [0, 0.05) is 32.6 Å². The van der Waals surface area contributed by atoms with E-state index in [9.17, 15) is 0 Å². The maximum absolute atomic E-state index is 6.11. The highest BCUT2D eigenvalue weighted by atomic mass is 79.9. The molecule has 1 fully saturated rings. The van der Waals surface area contributed by atoms with E-state index in [-0.39, 0.29) is 0 Å². The van der Waals surface area contributed by atoms with E-state index in [1.165, 1.54) is 5.56 Å². The Bertz CT molecular complexity index is 896. The van der Waals surface area contributed by atoms with Crippen LogP contribution in [-0.4, -0.2) is 12.1 Å². The van der Waals surface area contributed by atoms with Gasteiger partial charge in [0.25, 0.3) is 0 Å². The van der Waals surface area contributed by atoms with E-state index in [4.69, 9.17) is 21.3 Å². The number of ether oxygens (including phenoxy) is 1. The number of methoxy groups -OCH3 is 1. The summed E-state index contributed by atoms with van der Waals surface area (Å²) in [6.45, 7) is 0. The molecule has 2 nitrogen and oxygen atoms in total. The largest absolute Gasteiger partial charge is 0.496 e. The van der Waals surface area contributed by atoms with E-state index in [1.807, 2.05) is 30.3 Å². The molecular weight excluding hydrogens is 374 g/mol. The average Bonchev–Trinajstić information content (AvgIpc) is 3.34. The third kappa shape index (κ3) is 2.84. The molecule has 0 saturated heterocycles. The van der Waals surface area contributed by atoms with Crippen molar-refractivity contribution in [1.82, 2.24) is 4.98 Å². The SMILES string of the molecule is COc1cc([C@H]2C[C@@H]2c2cccc(Cl)c2)nc2cc(Br)ccc12. The van der Waals surface area contributed by atoms with Crippen LogP contribution in [0, 0.1) is 0 Å². The molecule has 1 saturated carbocycles.